The zero-order valence-electron chi connectivity index (χ0n) is 23.3. The summed E-state index contributed by atoms with van der Waals surface area (Å²) in [6.45, 7) is 10.2. The first-order valence-electron chi connectivity index (χ1n) is 14.5. The van der Waals surface area contributed by atoms with Crippen LogP contribution in [0.4, 0.5) is 5.69 Å². The average Bonchev–Trinajstić information content (AvgIpc) is 3.73. The molecule has 0 radical (unpaired) electrons. The standard InChI is InChI=1S/C33H39N3O3S/c1-23-30-29(40-33(23)25-8-12-27(13-9-25)39-21-19-36-16-4-5-17-36)22-28(37)31(32(30)34)24-6-10-26(11-7-24)38-20-18-35-14-2-3-15-35/h6-13,22,37H,2-5,14-21,34H2,1H3. The van der Waals surface area contributed by atoms with Crippen LogP contribution in [0.5, 0.6) is 17.2 Å². The molecule has 6 rings (SSSR count). The fourth-order valence-corrected chi connectivity index (χ4v) is 7.29. The first kappa shape index (κ1) is 26.9. The number of rotatable bonds is 10. The van der Waals surface area contributed by atoms with Crippen LogP contribution in [0.15, 0.2) is 54.6 Å². The predicted molar refractivity (Wildman–Crippen MR) is 166 cm³/mol. The molecular formula is C33H39N3O3S. The lowest BCUT2D eigenvalue weighted by Gasteiger charge is -2.15. The van der Waals surface area contributed by atoms with E-state index in [1.54, 1.807) is 11.3 Å². The molecule has 2 aliphatic heterocycles. The maximum Gasteiger partial charge on any atom is 0.126 e. The molecule has 0 saturated carbocycles. The van der Waals surface area contributed by atoms with Crippen molar-refractivity contribution in [2.75, 3.05) is 58.2 Å². The van der Waals surface area contributed by atoms with Gasteiger partial charge >= 0.3 is 0 Å². The van der Waals surface area contributed by atoms with Crippen molar-refractivity contribution in [1.82, 2.24) is 9.80 Å². The van der Waals surface area contributed by atoms with Crippen LogP contribution in [0.25, 0.3) is 31.7 Å². The SMILES string of the molecule is Cc1c(-c2ccc(OCCN3CCCC3)cc2)sc2cc(O)c(-c3ccc(OCCN4CCCC4)cc3)c(N)c12. The highest BCUT2D eigenvalue weighted by molar-refractivity contribution is 7.22. The van der Waals surface area contributed by atoms with Gasteiger partial charge in [-0.2, -0.15) is 0 Å². The zero-order valence-corrected chi connectivity index (χ0v) is 24.1. The molecule has 2 saturated heterocycles. The number of nitrogen functional groups attached to an aromatic ring is 1. The van der Waals surface area contributed by atoms with Gasteiger partial charge in [0.05, 0.1) is 5.69 Å². The number of nitrogens with two attached hydrogens (primary N) is 1. The van der Waals surface area contributed by atoms with Crippen molar-refractivity contribution in [1.29, 1.82) is 0 Å². The minimum absolute atomic E-state index is 0.197. The number of anilines is 1. The highest BCUT2D eigenvalue weighted by atomic mass is 32.1. The van der Waals surface area contributed by atoms with E-state index in [4.69, 9.17) is 15.2 Å². The summed E-state index contributed by atoms with van der Waals surface area (Å²) in [6.07, 6.45) is 5.17. The van der Waals surface area contributed by atoms with Crippen LogP contribution in [-0.4, -0.2) is 67.4 Å². The molecule has 1 aromatic heterocycles. The molecule has 0 unspecified atom stereocenters. The minimum atomic E-state index is 0.197. The normalized spacial score (nSPS) is 16.2. The Morgan fingerprint density at radius 3 is 1.80 bits per heavy atom. The third-order valence-electron chi connectivity index (χ3n) is 8.25. The highest BCUT2D eigenvalue weighted by Gasteiger charge is 2.20. The lowest BCUT2D eigenvalue weighted by Crippen LogP contribution is -2.25. The number of fused-ring (bicyclic) bond motifs is 1. The Morgan fingerprint density at radius 1 is 0.775 bits per heavy atom. The van der Waals surface area contributed by atoms with E-state index in [0.717, 1.165) is 56.2 Å². The van der Waals surface area contributed by atoms with E-state index in [1.807, 2.05) is 42.5 Å². The van der Waals surface area contributed by atoms with E-state index in [2.05, 4.69) is 28.9 Å². The number of thiophene rings is 1. The number of aryl methyl sites for hydroxylation is 1. The quantitative estimate of drug-likeness (QED) is 0.210. The van der Waals surface area contributed by atoms with Crippen LogP contribution in [0.3, 0.4) is 0 Å². The Kier molecular flexibility index (Phi) is 8.14. The molecule has 40 heavy (non-hydrogen) atoms. The van der Waals surface area contributed by atoms with Crippen LogP contribution in [0.2, 0.25) is 0 Å². The number of phenols is 1. The van der Waals surface area contributed by atoms with Gasteiger partial charge in [-0.25, -0.2) is 0 Å². The third-order valence-corrected chi connectivity index (χ3v) is 9.53. The van der Waals surface area contributed by atoms with Crippen molar-refractivity contribution in [2.24, 2.45) is 0 Å². The van der Waals surface area contributed by atoms with Crippen LogP contribution >= 0.6 is 11.3 Å². The molecule has 2 fully saturated rings. The fourth-order valence-electron chi connectivity index (χ4n) is 6.03. The molecule has 3 N–H and O–H groups in total. The maximum absolute atomic E-state index is 11.0. The van der Waals surface area contributed by atoms with Gasteiger partial charge in [-0.05, 0) is 118 Å². The van der Waals surface area contributed by atoms with Crippen molar-refractivity contribution in [3.63, 3.8) is 0 Å². The van der Waals surface area contributed by atoms with Crippen LogP contribution < -0.4 is 15.2 Å². The smallest absolute Gasteiger partial charge is 0.126 e. The molecule has 0 amide bonds. The average molecular weight is 558 g/mol. The van der Waals surface area contributed by atoms with Gasteiger partial charge in [0.1, 0.15) is 30.5 Å². The van der Waals surface area contributed by atoms with E-state index in [0.29, 0.717) is 24.5 Å². The second-order valence-electron chi connectivity index (χ2n) is 11.0. The topological polar surface area (TPSA) is 71.2 Å². The van der Waals surface area contributed by atoms with E-state index in [9.17, 15) is 5.11 Å². The van der Waals surface area contributed by atoms with E-state index in [-0.39, 0.29) is 5.75 Å². The van der Waals surface area contributed by atoms with Crippen LogP contribution in [0.1, 0.15) is 31.2 Å². The summed E-state index contributed by atoms with van der Waals surface area (Å²) in [5.41, 5.74) is 11.2. The number of nitrogens with zero attached hydrogens (tertiary/aromatic N) is 2. The number of hydrogen-bond donors (Lipinski definition) is 2. The van der Waals surface area contributed by atoms with Crippen molar-refractivity contribution in [3.8, 4) is 38.8 Å². The summed E-state index contributed by atoms with van der Waals surface area (Å²) >= 11 is 1.66. The molecule has 7 heteroatoms. The Balaban J connectivity index is 1.17. The third kappa shape index (κ3) is 5.78. The van der Waals surface area contributed by atoms with Gasteiger partial charge in [0.2, 0.25) is 0 Å². The van der Waals surface area contributed by atoms with Gasteiger partial charge in [-0.3, -0.25) is 9.80 Å². The van der Waals surface area contributed by atoms with Gasteiger partial charge in [0, 0.05) is 33.6 Å². The van der Waals surface area contributed by atoms with Crippen LogP contribution in [-0.2, 0) is 0 Å². The van der Waals surface area contributed by atoms with Crippen LogP contribution in [0, 0.1) is 6.92 Å². The van der Waals surface area contributed by atoms with Crippen molar-refractivity contribution < 1.29 is 14.6 Å². The van der Waals surface area contributed by atoms with Gasteiger partial charge in [0.25, 0.3) is 0 Å². The Hall–Kier alpha value is -3.26. The van der Waals surface area contributed by atoms with Gasteiger partial charge in [-0.1, -0.05) is 12.1 Å². The first-order valence-corrected chi connectivity index (χ1v) is 15.3. The first-order chi connectivity index (χ1) is 19.6. The molecule has 3 heterocycles. The van der Waals surface area contributed by atoms with Gasteiger partial charge < -0.3 is 20.3 Å². The molecule has 0 atom stereocenters. The molecule has 4 aromatic rings. The summed E-state index contributed by atoms with van der Waals surface area (Å²) < 4.78 is 13.0. The van der Waals surface area contributed by atoms with Gasteiger partial charge in [-0.15, -0.1) is 11.3 Å². The highest BCUT2D eigenvalue weighted by Crippen LogP contribution is 2.47. The summed E-state index contributed by atoms with van der Waals surface area (Å²) in [5.74, 6) is 1.92. The molecule has 0 spiro atoms. The molecule has 0 aliphatic carbocycles. The second kappa shape index (κ2) is 12.1. The summed E-state index contributed by atoms with van der Waals surface area (Å²) in [5, 5.41) is 12.0. The van der Waals surface area contributed by atoms with E-state index >= 15 is 0 Å². The number of likely N-dealkylation sites (tertiary alicyclic amines) is 2. The van der Waals surface area contributed by atoms with Gasteiger partial charge in [0.15, 0.2) is 0 Å². The molecular weight excluding hydrogens is 518 g/mol. The number of ether oxygens (including phenoxy) is 2. The number of aromatic hydroxyl groups is 1. The second-order valence-corrected chi connectivity index (χ2v) is 12.0. The maximum atomic E-state index is 11.0. The number of hydrogen-bond acceptors (Lipinski definition) is 7. The lowest BCUT2D eigenvalue weighted by atomic mass is 9.97. The number of phenolic OH excluding ortho intramolecular Hbond substituents is 1. The molecule has 6 nitrogen and oxygen atoms in total. The molecule has 0 bridgehead atoms. The Morgan fingerprint density at radius 2 is 1.27 bits per heavy atom. The minimum Gasteiger partial charge on any atom is -0.507 e. The zero-order chi connectivity index (χ0) is 27.5. The molecule has 2 aliphatic rings. The van der Waals surface area contributed by atoms with Crippen molar-refractivity contribution in [2.45, 2.75) is 32.6 Å². The van der Waals surface area contributed by atoms with E-state index in [1.165, 1.54) is 51.9 Å². The summed E-state index contributed by atoms with van der Waals surface area (Å²) in [4.78, 5) is 6.06. The number of benzene rings is 3. The monoisotopic (exact) mass is 557 g/mol. The molecule has 3 aromatic carbocycles. The summed E-state index contributed by atoms with van der Waals surface area (Å²) in [6, 6.07) is 18.0. The van der Waals surface area contributed by atoms with Crippen molar-refractivity contribution >= 4 is 27.1 Å². The Bertz CT molecular complexity index is 1440. The fraction of sp³-hybridized carbons (Fsp3) is 0.394. The Labute approximate surface area is 240 Å². The lowest BCUT2D eigenvalue weighted by molar-refractivity contribution is 0.237. The van der Waals surface area contributed by atoms with E-state index < -0.39 is 0 Å². The predicted octanol–water partition coefficient (Wildman–Crippen LogP) is 6.78. The summed E-state index contributed by atoms with van der Waals surface area (Å²) in [7, 11) is 0. The molecule has 210 valence electrons. The van der Waals surface area contributed by atoms with Crippen molar-refractivity contribution in [3.05, 3.63) is 60.2 Å². The largest absolute Gasteiger partial charge is 0.507 e.